The highest BCUT2D eigenvalue weighted by Gasteiger charge is 2.23. The molecular weight excluding hydrogens is 456 g/mol. The van der Waals surface area contributed by atoms with E-state index in [4.69, 9.17) is 4.74 Å². The summed E-state index contributed by atoms with van der Waals surface area (Å²) in [4.78, 5) is 0. The molecule has 0 spiro atoms. The van der Waals surface area contributed by atoms with Gasteiger partial charge in [-0.15, -0.1) is 0 Å². The van der Waals surface area contributed by atoms with E-state index in [1.165, 1.54) is 48.4 Å². The van der Waals surface area contributed by atoms with Gasteiger partial charge in [-0.2, -0.15) is 0 Å². The SMILES string of the molecule is Cc1cc(C(c2ccc3cc(OCC4CCCCC4)ccc3c2)c2cc(C)c(O)cc2C)c(C)cc1O. The number of phenolic OH excluding ortho intramolecular Hbond substituents is 2. The topological polar surface area (TPSA) is 49.7 Å². The fraction of sp³-hybridized carbons (Fsp3) is 0.353. The molecule has 1 aliphatic rings. The van der Waals surface area contributed by atoms with E-state index < -0.39 is 0 Å². The minimum Gasteiger partial charge on any atom is -0.508 e. The van der Waals surface area contributed by atoms with E-state index >= 15 is 0 Å². The number of hydrogen-bond donors (Lipinski definition) is 2. The van der Waals surface area contributed by atoms with Crippen molar-refractivity contribution in [1.82, 2.24) is 0 Å². The van der Waals surface area contributed by atoms with E-state index in [2.05, 4.69) is 62.4 Å². The Morgan fingerprint density at radius 2 is 1.24 bits per heavy atom. The summed E-state index contributed by atoms with van der Waals surface area (Å²) >= 11 is 0. The molecule has 0 unspecified atom stereocenters. The van der Waals surface area contributed by atoms with Crippen LogP contribution in [0.5, 0.6) is 17.2 Å². The number of aryl methyl sites for hydroxylation is 4. The second kappa shape index (κ2) is 10.5. The minimum absolute atomic E-state index is 0.0229. The van der Waals surface area contributed by atoms with Gasteiger partial charge in [-0.3, -0.25) is 0 Å². The van der Waals surface area contributed by atoms with Crippen molar-refractivity contribution in [2.75, 3.05) is 6.61 Å². The third kappa shape index (κ3) is 5.32. The van der Waals surface area contributed by atoms with Crippen LogP contribution < -0.4 is 4.74 Å². The number of benzene rings is 4. The fourth-order valence-electron chi connectivity index (χ4n) is 5.87. The van der Waals surface area contributed by atoms with Gasteiger partial charge in [0.05, 0.1) is 6.61 Å². The van der Waals surface area contributed by atoms with Crippen LogP contribution >= 0.6 is 0 Å². The van der Waals surface area contributed by atoms with E-state index in [1.807, 2.05) is 26.0 Å². The standard InChI is InChI=1S/C34H38O3/c1-21-16-32(35)23(3)14-30(21)34(31-15-24(4)33(36)17-22(31)2)28-11-10-27-19-29(13-12-26(27)18-28)37-20-25-8-6-5-7-9-25/h10-19,25,34-36H,5-9,20H2,1-4H3. The summed E-state index contributed by atoms with van der Waals surface area (Å²) < 4.78 is 6.20. The van der Waals surface area contributed by atoms with Gasteiger partial charge in [0.15, 0.2) is 0 Å². The van der Waals surface area contributed by atoms with E-state index in [1.54, 1.807) is 0 Å². The van der Waals surface area contributed by atoms with E-state index in [-0.39, 0.29) is 5.92 Å². The lowest BCUT2D eigenvalue weighted by molar-refractivity contribution is 0.209. The number of aromatic hydroxyl groups is 2. The Kier molecular flexibility index (Phi) is 7.15. The van der Waals surface area contributed by atoms with Crippen molar-refractivity contribution in [3.8, 4) is 17.2 Å². The van der Waals surface area contributed by atoms with Crippen molar-refractivity contribution in [3.63, 3.8) is 0 Å². The Bertz CT molecular complexity index is 1370. The Balaban J connectivity index is 1.54. The molecule has 0 heterocycles. The molecule has 0 bridgehead atoms. The van der Waals surface area contributed by atoms with E-state index in [0.29, 0.717) is 17.4 Å². The van der Waals surface area contributed by atoms with Gasteiger partial charge in [0, 0.05) is 5.92 Å². The van der Waals surface area contributed by atoms with Crippen molar-refractivity contribution >= 4 is 10.8 Å². The maximum atomic E-state index is 10.3. The summed E-state index contributed by atoms with van der Waals surface area (Å²) in [7, 11) is 0. The lowest BCUT2D eigenvalue weighted by Gasteiger charge is -2.25. The largest absolute Gasteiger partial charge is 0.508 e. The van der Waals surface area contributed by atoms with Gasteiger partial charge in [0.25, 0.3) is 0 Å². The third-order valence-corrected chi connectivity index (χ3v) is 8.17. The third-order valence-electron chi connectivity index (χ3n) is 8.17. The van der Waals surface area contributed by atoms with E-state index in [9.17, 15) is 10.2 Å². The van der Waals surface area contributed by atoms with Gasteiger partial charge in [-0.1, -0.05) is 55.7 Å². The van der Waals surface area contributed by atoms with Gasteiger partial charge in [0.2, 0.25) is 0 Å². The summed E-state index contributed by atoms with van der Waals surface area (Å²) in [6.07, 6.45) is 6.59. The van der Waals surface area contributed by atoms with Crippen LogP contribution in [0.1, 0.15) is 77.0 Å². The zero-order valence-corrected chi connectivity index (χ0v) is 22.5. The van der Waals surface area contributed by atoms with Crippen LogP contribution in [0, 0.1) is 33.6 Å². The van der Waals surface area contributed by atoms with Crippen molar-refractivity contribution in [2.45, 2.75) is 65.7 Å². The predicted molar refractivity (Wildman–Crippen MR) is 152 cm³/mol. The molecule has 3 heteroatoms. The van der Waals surface area contributed by atoms with Gasteiger partial charge in [-0.25, -0.2) is 0 Å². The lowest BCUT2D eigenvalue weighted by Crippen LogP contribution is -2.15. The zero-order chi connectivity index (χ0) is 26.1. The molecule has 3 nitrogen and oxygen atoms in total. The molecule has 0 amide bonds. The molecule has 2 N–H and O–H groups in total. The summed E-state index contributed by atoms with van der Waals surface area (Å²) in [6, 6.07) is 21.0. The van der Waals surface area contributed by atoms with Crippen LogP contribution in [0.15, 0.2) is 60.7 Å². The number of phenols is 2. The summed E-state index contributed by atoms with van der Waals surface area (Å²) in [5, 5.41) is 23.0. The lowest BCUT2D eigenvalue weighted by atomic mass is 9.79. The summed E-state index contributed by atoms with van der Waals surface area (Å²) in [5.74, 6) is 2.24. The van der Waals surface area contributed by atoms with Gasteiger partial charge in [-0.05, 0) is 120 Å². The molecule has 0 radical (unpaired) electrons. The normalized spacial score (nSPS) is 14.4. The van der Waals surface area contributed by atoms with Crippen molar-refractivity contribution in [1.29, 1.82) is 0 Å². The van der Waals surface area contributed by atoms with Crippen LogP contribution in [0.4, 0.5) is 0 Å². The number of rotatable bonds is 6. The minimum atomic E-state index is -0.0229. The van der Waals surface area contributed by atoms with Crippen LogP contribution in [-0.2, 0) is 0 Å². The first kappa shape index (κ1) is 25.2. The van der Waals surface area contributed by atoms with Crippen LogP contribution in [0.2, 0.25) is 0 Å². The number of ether oxygens (including phenoxy) is 1. The van der Waals surface area contributed by atoms with Gasteiger partial charge >= 0.3 is 0 Å². The van der Waals surface area contributed by atoms with Gasteiger partial charge in [0.1, 0.15) is 17.2 Å². The number of fused-ring (bicyclic) bond motifs is 1. The summed E-state index contributed by atoms with van der Waals surface area (Å²) in [5.41, 5.74) is 7.32. The van der Waals surface area contributed by atoms with Crippen molar-refractivity contribution in [2.24, 2.45) is 5.92 Å². The molecule has 4 aromatic carbocycles. The fourth-order valence-corrected chi connectivity index (χ4v) is 5.87. The molecule has 5 rings (SSSR count). The molecule has 0 aromatic heterocycles. The average Bonchev–Trinajstić information content (AvgIpc) is 2.89. The maximum absolute atomic E-state index is 10.3. The molecule has 1 fully saturated rings. The first-order valence-electron chi connectivity index (χ1n) is 13.6. The predicted octanol–water partition coefficient (Wildman–Crippen LogP) is 8.62. The highest BCUT2D eigenvalue weighted by Crippen LogP contribution is 2.40. The Morgan fingerprint density at radius 1 is 0.676 bits per heavy atom. The van der Waals surface area contributed by atoms with Crippen LogP contribution in [0.3, 0.4) is 0 Å². The molecule has 192 valence electrons. The maximum Gasteiger partial charge on any atom is 0.119 e. The van der Waals surface area contributed by atoms with Crippen LogP contribution in [0.25, 0.3) is 10.8 Å². The Hall–Kier alpha value is -3.46. The van der Waals surface area contributed by atoms with E-state index in [0.717, 1.165) is 45.7 Å². The number of hydrogen-bond acceptors (Lipinski definition) is 3. The Labute approximate surface area is 220 Å². The first-order chi connectivity index (χ1) is 17.8. The zero-order valence-electron chi connectivity index (χ0n) is 22.5. The highest BCUT2D eigenvalue weighted by atomic mass is 16.5. The van der Waals surface area contributed by atoms with Crippen molar-refractivity contribution in [3.05, 3.63) is 99.6 Å². The molecular formula is C34H38O3. The molecule has 0 atom stereocenters. The molecule has 1 saturated carbocycles. The second-order valence-corrected chi connectivity index (χ2v) is 11.0. The summed E-state index contributed by atoms with van der Waals surface area (Å²) in [6.45, 7) is 8.81. The molecule has 37 heavy (non-hydrogen) atoms. The quantitative estimate of drug-likeness (QED) is 0.264. The van der Waals surface area contributed by atoms with Crippen LogP contribution in [-0.4, -0.2) is 16.8 Å². The molecule has 0 saturated heterocycles. The molecule has 0 aliphatic heterocycles. The monoisotopic (exact) mass is 494 g/mol. The average molecular weight is 495 g/mol. The Morgan fingerprint density at radius 3 is 1.86 bits per heavy atom. The first-order valence-corrected chi connectivity index (χ1v) is 13.6. The molecule has 1 aliphatic carbocycles. The highest BCUT2D eigenvalue weighted by molar-refractivity contribution is 5.85. The van der Waals surface area contributed by atoms with Gasteiger partial charge < -0.3 is 14.9 Å². The van der Waals surface area contributed by atoms with Crippen molar-refractivity contribution < 1.29 is 14.9 Å². The second-order valence-electron chi connectivity index (χ2n) is 11.0. The smallest absolute Gasteiger partial charge is 0.119 e. The molecule has 4 aromatic rings.